The fourth-order valence-corrected chi connectivity index (χ4v) is 4.97. The molecular weight excluding hydrogens is 472 g/mol. The van der Waals surface area contributed by atoms with E-state index in [0.717, 1.165) is 51.4 Å². The van der Waals surface area contributed by atoms with Gasteiger partial charge in [0.05, 0.1) is 0 Å². The summed E-state index contributed by atoms with van der Waals surface area (Å²) in [4.78, 5) is 22.9. The van der Waals surface area contributed by atoms with Gasteiger partial charge in [0.1, 0.15) is 6.10 Å². The van der Waals surface area contributed by atoms with Gasteiger partial charge in [-0.1, -0.05) is 135 Å². The second kappa shape index (κ2) is 30.2. The van der Waals surface area contributed by atoms with Crippen molar-refractivity contribution < 1.29 is 19.4 Å². The van der Waals surface area contributed by atoms with Crippen molar-refractivity contribution in [1.29, 1.82) is 0 Å². The Labute approximate surface area is 236 Å². The molecule has 0 aromatic rings. The van der Waals surface area contributed by atoms with Crippen LogP contribution in [0.5, 0.6) is 0 Å². The number of carbonyl (C=O) groups excluding carboxylic acids is 1. The van der Waals surface area contributed by atoms with E-state index < -0.39 is 5.97 Å². The molecule has 0 aliphatic carbocycles. The summed E-state index contributed by atoms with van der Waals surface area (Å²) in [5.41, 5.74) is 0. The maximum Gasteiger partial charge on any atom is 0.306 e. The molecule has 0 radical (unpaired) electrons. The molecule has 0 heterocycles. The van der Waals surface area contributed by atoms with Crippen molar-refractivity contribution in [2.45, 2.75) is 193 Å². The summed E-state index contributed by atoms with van der Waals surface area (Å²) >= 11 is 0. The zero-order valence-corrected chi connectivity index (χ0v) is 25.5. The van der Waals surface area contributed by atoms with Crippen molar-refractivity contribution in [3.8, 4) is 0 Å². The van der Waals surface area contributed by atoms with Gasteiger partial charge in [0, 0.05) is 12.8 Å². The Morgan fingerprint density at radius 2 is 0.974 bits per heavy atom. The number of ether oxygens (including phenoxy) is 1. The summed E-state index contributed by atoms with van der Waals surface area (Å²) in [6, 6.07) is 0. The third-order valence-corrected chi connectivity index (χ3v) is 7.49. The maximum absolute atomic E-state index is 12.4. The molecule has 1 unspecified atom stereocenters. The van der Waals surface area contributed by atoms with Gasteiger partial charge in [-0.3, -0.25) is 9.59 Å². The summed E-state index contributed by atoms with van der Waals surface area (Å²) in [5, 5.41) is 8.65. The molecule has 0 aliphatic rings. The molecular formula is C34H64O4. The predicted octanol–water partition coefficient (Wildman–Crippen LogP) is 11.1. The molecule has 0 fully saturated rings. The molecule has 1 atom stereocenters. The van der Waals surface area contributed by atoms with Crippen LogP contribution in [0.4, 0.5) is 0 Å². The Morgan fingerprint density at radius 1 is 0.553 bits per heavy atom. The summed E-state index contributed by atoms with van der Waals surface area (Å²) < 4.78 is 5.89. The van der Waals surface area contributed by atoms with Gasteiger partial charge in [-0.2, -0.15) is 0 Å². The third kappa shape index (κ3) is 29.2. The first-order valence-electron chi connectivity index (χ1n) is 16.7. The van der Waals surface area contributed by atoms with E-state index >= 15 is 0 Å². The second-order valence-corrected chi connectivity index (χ2v) is 11.3. The van der Waals surface area contributed by atoms with Crippen LogP contribution in [0.1, 0.15) is 187 Å². The van der Waals surface area contributed by atoms with Gasteiger partial charge >= 0.3 is 11.9 Å². The number of rotatable bonds is 30. The highest BCUT2D eigenvalue weighted by Gasteiger charge is 2.13. The minimum Gasteiger partial charge on any atom is -0.481 e. The molecule has 0 spiro atoms. The topological polar surface area (TPSA) is 63.6 Å². The number of esters is 1. The molecule has 0 aliphatic heterocycles. The lowest BCUT2D eigenvalue weighted by molar-refractivity contribution is -0.150. The monoisotopic (exact) mass is 536 g/mol. The number of carboxylic acid groups (broad SMARTS) is 1. The summed E-state index contributed by atoms with van der Waals surface area (Å²) in [6.07, 6.45) is 35.5. The largest absolute Gasteiger partial charge is 0.481 e. The molecule has 0 aromatic carbocycles. The van der Waals surface area contributed by atoms with Gasteiger partial charge in [-0.15, -0.1) is 0 Å². The van der Waals surface area contributed by atoms with Crippen LogP contribution in [-0.2, 0) is 14.3 Å². The minimum atomic E-state index is -0.671. The molecule has 0 saturated carbocycles. The first-order valence-corrected chi connectivity index (χ1v) is 16.7. The number of carboxylic acids is 1. The van der Waals surface area contributed by atoms with Gasteiger partial charge in [0.15, 0.2) is 0 Å². The molecule has 0 amide bonds. The van der Waals surface area contributed by atoms with Crippen LogP contribution in [0.3, 0.4) is 0 Å². The average molecular weight is 537 g/mol. The van der Waals surface area contributed by atoms with Crippen molar-refractivity contribution in [1.82, 2.24) is 0 Å². The Bertz CT molecular complexity index is 543. The quantitative estimate of drug-likeness (QED) is 0.0563. The summed E-state index contributed by atoms with van der Waals surface area (Å²) in [7, 11) is 0. The molecule has 0 bridgehead atoms. The van der Waals surface area contributed by atoms with Gasteiger partial charge in [0.25, 0.3) is 0 Å². The third-order valence-electron chi connectivity index (χ3n) is 7.49. The molecule has 0 aromatic heterocycles. The lowest BCUT2D eigenvalue weighted by atomic mass is 10.0. The lowest BCUT2D eigenvalue weighted by Gasteiger charge is -2.18. The fraction of sp³-hybridized carbons (Fsp3) is 0.882. The average Bonchev–Trinajstić information content (AvgIpc) is 2.90. The van der Waals surface area contributed by atoms with Crippen molar-refractivity contribution in [3.63, 3.8) is 0 Å². The van der Waals surface area contributed by atoms with E-state index in [0.29, 0.717) is 12.8 Å². The van der Waals surface area contributed by atoms with Gasteiger partial charge in [0.2, 0.25) is 0 Å². The van der Waals surface area contributed by atoms with Gasteiger partial charge in [-0.05, 0) is 51.4 Å². The first-order chi connectivity index (χ1) is 18.6. The zero-order valence-electron chi connectivity index (χ0n) is 25.5. The van der Waals surface area contributed by atoms with Crippen LogP contribution < -0.4 is 0 Å². The maximum atomic E-state index is 12.4. The van der Waals surface area contributed by atoms with Crippen molar-refractivity contribution in [3.05, 3.63) is 12.2 Å². The highest BCUT2D eigenvalue weighted by atomic mass is 16.5. The second-order valence-electron chi connectivity index (χ2n) is 11.3. The van der Waals surface area contributed by atoms with Crippen LogP contribution in [0.2, 0.25) is 0 Å². The van der Waals surface area contributed by atoms with Crippen molar-refractivity contribution >= 4 is 11.9 Å². The molecule has 0 saturated heterocycles. The van der Waals surface area contributed by atoms with Crippen LogP contribution in [-0.4, -0.2) is 23.1 Å². The SMILES string of the molecule is CCCC/C=C\CCCCCCCC(=O)OC(CCCC)CCCCCCCCCCCCCCC(=O)O. The number of hydrogen-bond donors (Lipinski definition) is 1. The number of aliphatic carboxylic acids is 1. The van der Waals surface area contributed by atoms with E-state index in [1.807, 2.05) is 0 Å². The smallest absolute Gasteiger partial charge is 0.306 e. The van der Waals surface area contributed by atoms with Crippen molar-refractivity contribution in [2.75, 3.05) is 0 Å². The van der Waals surface area contributed by atoms with Crippen LogP contribution in [0.25, 0.3) is 0 Å². The van der Waals surface area contributed by atoms with E-state index in [-0.39, 0.29) is 12.1 Å². The molecule has 4 heteroatoms. The van der Waals surface area contributed by atoms with E-state index in [1.165, 1.54) is 109 Å². The molecule has 0 rings (SSSR count). The predicted molar refractivity (Wildman–Crippen MR) is 163 cm³/mol. The summed E-state index contributed by atoms with van der Waals surface area (Å²) in [6.45, 7) is 4.44. The fourth-order valence-electron chi connectivity index (χ4n) is 4.97. The van der Waals surface area contributed by atoms with E-state index in [2.05, 4.69) is 26.0 Å². The Kier molecular flexibility index (Phi) is 29.2. The zero-order chi connectivity index (χ0) is 27.9. The van der Waals surface area contributed by atoms with Crippen LogP contribution in [0, 0.1) is 0 Å². The highest BCUT2D eigenvalue weighted by molar-refractivity contribution is 5.69. The van der Waals surface area contributed by atoms with Crippen LogP contribution in [0.15, 0.2) is 12.2 Å². The molecule has 4 nitrogen and oxygen atoms in total. The first kappa shape index (κ1) is 36.7. The molecule has 38 heavy (non-hydrogen) atoms. The number of carbonyl (C=O) groups is 2. The Balaban J connectivity index is 3.67. The minimum absolute atomic E-state index is 0.0202. The van der Waals surface area contributed by atoms with E-state index in [4.69, 9.17) is 9.84 Å². The molecule has 224 valence electrons. The van der Waals surface area contributed by atoms with Crippen molar-refractivity contribution in [2.24, 2.45) is 0 Å². The number of allylic oxidation sites excluding steroid dienone is 2. The molecule has 1 N–H and O–H groups in total. The summed E-state index contributed by atoms with van der Waals surface area (Å²) in [5.74, 6) is -0.650. The standard InChI is InChI=1S/C34H64O4/c1-3-5-7-8-9-10-13-18-21-24-27-31-34(37)38-32(28-6-4-2)29-25-22-19-16-14-11-12-15-17-20-23-26-30-33(35)36/h8-9,32H,3-7,10-31H2,1-2H3,(H,35,36)/b9-8-. The van der Waals surface area contributed by atoms with Gasteiger partial charge in [-0.25, -0.2) is 0 Å². The highest BCUT2D eigenvalue weighted by Crippen LogP contribution is 2.18. The van der Waals surface area contributed by atoms with Crippen LogP contribution >= 0.6 is 0 Å². The van der Waals surface area contributed by atoms with E-state index in [1.54, 1.807) is 0 Å². The lowest BCUT2D eigenvalue weighted by Crippen LogP contribution is -2.18. The van der Waals surface area contributed by atoms with Gasteiger partial charge < -0.3 is 9.84 Å². The Morgan fingerprint density at radius 3 is 1.50 bits per heavy atom. The Hall–Kier alpha value is -1.32. The number of hydrogen-bond acceptors (Lipinski definition) is 3. The number of unbranched alkanes of at least 4 members (excludes halogenated alkanes) is 19. The van der Waals surface area contributed by atoms with E-state index in [9.17, 15) is 9.59 Å². The normalized spacial score (nSPS) is 12.3.